The number of hydrogen-bond acceptors (Lipinski definition) is 3. The summed E-state index contributed by atoms with van der Waals surface area (Å²) < 4.78 is 13.3. The number of hydrogen-bond donors (Lipinski definition) is 2. The standard InChI is InChI=1S/C12H17FN2O2/c1-3-12(4-2,8-16)15-11(17)9-6-5-7-14-10(9)13/h5-7,16H,3-4,8H2,1-2H3,(H,15,17). The summed E-state index contributed by atoms with van der Waals surface area (Å²) in [4.78, 5) is 15.3. The van der Waals surface area contributed by atoms with Crippen LogP contribution >= 0.6 is 0 Å². The second-order valence-electron chi connectivity index (χ2n) is 3.94. The van der Waals surface area contributed by atoms with Gasteiger partial charge in [0, 0.05) is 6.20 Å². The number of nitrogens with one attached hydrogen (secondary N) is 1. The van der Waals surface area contributed by atoms with Gasteiger partial charge in [-0.3, -0.25) is 4.79 Å². The highest BCUT2D eigenvalue weighted by molar-refractivity contribution is 5.94. The molecule has 0 aromatic carbocycles. The predicted molar refractivity (Wildman–Crippen MR) is 62.1 cm³/mol. The van der Waals surface area contributed by atoms with Gasteiger partial charge in [-0.2, -0.15) is 4.39 Å². The monoisotopic (exact) mass is 240 g/mol. The van der Waals surface area contributed by atoms with Crippen molar-refractivity contribution < 1.29 is 14.3 Å². The van der Waals surface area contributed by atoms with Crippen LogP contribution in [0, 0.1) is 5.95 Å². The second kappa shape index (κ2) is 5.72. The zero-order chi connectivity index (χ0) is 12.9. The molecule has 5 heteroatoms. The molecule has 0 radical (unpaired) electrons. The van der Waals surface area contributed by atoms with Gasteiger partial charge in [0.25, 0.3) is 5.91 Å². The first kappa shape index (κ1) is 13.6. The minimum Gasteiger partial charge on any atom is -0.394 e. The number of halogens is 1. The number of carbonyl (C=O) groups is 1. The summed E-state index contributed by atoms with van der Waals surface area (Å²) in [6.45, 7) is 3.55. The Morgan fingerprint density at radius 2 is 2.18 bits per heavy atom. The van der Waals surface area contributed by atoms with Crippen molar-refractivity contribution in [1.29, 1.82) is 0 Å². The van der Waals surface area contributed by atoms with E-state index in [0.717, 1.165) is 0 Å². The molecule has 2 N–H and O–H groups in total. The molecule has 0 saturated carbocycles. The van der Waals surface area contributed by atoms with Crippen LogP contribution in [0.15, 0.2) is 18.3 Å². The first-order chi connectivity index (χ1) is 8.08. The molecule has 4 nitrogen and oxygen atoms in total. The van der Waals surface area contributed by atoms with E-state index < -0.39 is 17.4 Å². The molecule has 0 aliphatic carbocycles. The van der Waals surface area contributed by atoms with Gasteiger partial charge in [-0.15, -0.1) is 0 Å². The van der Waals surface area contributed by atoms with Gasteiger partial charge >= 0.3 is 0 Å². The average Bonchev–Trinajstić information content (AvgIpc) is 2.36. The van der Waals surface area contributed by atoms with Crippen LogP contribution in [-0.4, -0.2) is 28.1 Å². The Bertz CT molecular complexity index is 384. The van der Waals surface area contributed by atoms with Crippen molar-refractivity contribution in [1.82, 2.24) is 10.3 Å². The normalized spacial score (nSPS) is 11.3. The van der Waals surface area contributed by atoms with E-state index in [1.807, 2.05) is 13.8 Å². The molecule has 1 aromatic heterocycles. The number of aromatic nitrogens is 1. The number of amides is 1. The maximum absolute atomic E-state index is 13.3. The SMILES string of the molecule is CCC(CC)(CO)NC(=O)c1cccnc1F. The van der Waals surface area contributed by atoms with Crippen LogP contribution in [0.5, 0.6) is 0 Å². The molecule has 1 aromatic rings. The smallest absolute Gasteiger partial charge is 0.256 e. The third kappa shape index (κ3) is 3.00. The summed E-state index contributed by atoms with van der Waals surface area (Å²) in [5, 5.41) is 12.0. The Labute approximate surface area is 99.9 Å². The fraction of sp³-hybridized carbons (Fsp3) is 0.500. The minimum atomic E-state index is -0.802. The van der Waals surface area contributed by atoms with E-state index in [0.29, 0.717) is 12.8 Å². The first-order valence-corrected chi connectivity index (χ1v) is 5.62. The fourth-order valence-corrected chi connectivity index (χ4v) is 1.55. The van der Waals surface area contributed by atoms with Gasteiger partial charge in [0.2, 0.25) is 5.95 Å². The molecular formula is C12H17FN2O2. The first-order valence-electron chi connectivity index (χ1n) is 5.62. The van der Waals surface area contributed by atoms with Gasteiger partial charge in [-0.05, 0) is 25.0 Å². The van der Waals surface area contributed by atoms with Gasteiger partial charge in [-0.1, -0.05) is 13.8 Å². The van der Waals surface area contributed by atoms with Crippen molar-refractivity contribution >= 4 is 5.91 Å². The van der Waals surface area contributed by atoms with Crippen LogP contribution in [0.1, 0.15) is 37.0 Å². The number of pyridine rings is 1. The summed E-state index contributed by atoms with van der Waals surface area (Å²) >= 11 is 0. The lowest BCUT2D eigenvalue weighted by Crippen LogP contribution is -2.50. The van der Waals surface area contributed by atoms with Crippen LogP contribution in [0.2, 0.25) is 0 Å². The topological polar surface area (TPSA) is 62.2 Å². The van der Waals surface area contributed by atoms with Gasteiger partial charge in [0.1, 0.15) is 0 Å². The van der Waals surface area contributed by atoms with Gasteiger partial charge in [-0.25, -0.2) is 4.98 Å². The van der Waals surface area contributed by atoms with Crippen molar-refractivity contribution in [3.8, 4) is 0 Å². The molecule has 0 fully saturated rings. The number of nitrogens with zero attached hydrogens (tertiary/aromatic N) is 1. The Morgan fingerprint density at radius 1 is 1.53 bits per heavy atom. The summed E-state index contributed by atoms with van der Waals surface area (Å²) in [5.74, 6) is -1.35. The predicted octanol–water partition coefficient (Wildman–Crippen LogP) is 1.50. The van der Waals surface area contributed by atoms with Gasteiger partial charge in [0.05, 0.1) is 17.7 Å². The van der Waals surface area contributed by atoms with E-state index in [1.54, 1.807) is 0 Å². The molecule has 1 amide bonds. The van der Waals surface area contributed by atoms with Crippen LogP contribution in [0.4, 0.5) is 4.39 Å². The number of carbonyl (C=O) groups excluding carboxylic acids is 1. The molecule has 1 rings (SSSR count). The fourth-order valence-electron chi connectivity index (χ4n) is 1.55. The van der Waals surface area contributed by atoms with Crippen molar-refractivity contribution in [2.75, 3.05) is 6.61 Å². The minimum absolute atomic E-state index is 0.104. The van der Waals surface area contributed by atoms with E-state index in [4.69, 9.17) is 0 Å². The number of rotatable bonds is 5. The molecule has 0 aliphatic rings. The average molecular weight is 240 g/mol. The highest BCUT2D eigenvalue weighted by atomic mass is 19.1. The highest BCUT2D eigenvalue weighted by Gasteiger charge is 2.28. The maximum Gasteiger partial charge on any atom is 0.256 e. The summed E-state index contributed by atoms with van der Waals surface area (Å²) in [6, 6.07) is 2.86. The summed E-state index contributed by atoms with van der Waals surface area (Å²) in [5.41, 5.74) is -0.799. The van der Waals surface area contributed by atoms with E-state index in [-0.39, 0.29) is 12.2 Å². The lowest BCUT2D eigenvalue weighted by Gasteiger charge is -2.30. The van der Waals surface area contributed by atoms with E-state index in [1.165, 1.54) is 18.3 Å². The molecule has 0 saturated heterocycles. The molecule has 17 heavy (non-hydrogen) atoms. The summed E-state index contributed by atoms with van der Waals surface area (Å²) in [7, 11) is 0. The van der Waals surface area contributed by atoms with Gasteiger partial charge < -0.3 is 10.4 Å². The van der Waals surface area contributed by atoms with Crippen LogP contribution < -0.4 is 5.32 Å². The Balaban J connectivity index is 2.89. The quantitative estimate of drug-likeness (QED) is 0.767. The zero-order valence-corrected chi connectivity index (χ0v) is 10.0. The third-order valence-electron chi connectivity index (χ3n) is 3.04. The van der Waals surface area contributed by atoms with Crippen LogP contribution in [0.3, 0.4) is 0 Å². The largest absolute Gasteiger partial charge is 0.394 e. The lowest BCUT2D eigenvalue weighted by atomic mass is 9.93. The third-order valence-corrected chi connectivity index (χ3v) is 3.04. The molecule has 0 spiro atoms. The molecule has 0 unspecified atom stereocenters. The Kier molecular flexibility index (Phi) is 4.57. The molecule has 0 atom stereocenters. The number of aliphatic hydroxyl groups excluding tert-OH is 1. The van der Waals surface area contributed by atoms with Crippen molar-refractivity contribution in [3.63, 3.8) is 0 Å². The van der Waals surface area contributed by atoms with E-state index in [2.05, 4.69) is 10.3 Å². The molecule has 0 aliphatic heterocycles. The molecule has 1 heterocycles. The summed E-state index contributed by atoms with van der Waals surface area (Å²) in [6.07, 6.45) is 2.44. The Morgan fingerprint density at radius 3 is 2.65 bits per heavy atom. The number of aliphatic hydroxyl groups is 1. The highest BCUT2D eigenvalue weighted by Crippen LogP contribution is 2.15. The van der Waals surface area contributed by atoms with E-state index in [9.17, 15) is 14.3 Å². The van der Waals surface area contributed by atoms with Crippen molar-refractivity contribution in [2.24, 2.45) is 0 Å². The van der Waals surface area contributed by atoms with Crippen molar-refractivity contribution in [3.05, 3.63) is 29.8 Å². The maximum atomic E-state index is 13.3. The lowest BCUT2D eigenvalue weighted by molar-refractivity contribution is 0.0813. The van der Waals surface area contributed by atoms with Crippen LogP contribution in [-0.2, 0) is 0 Å². The van der Waals surface area contributed by atoms with Crippen LogP contribution in [0.25, 0.3) is 0 Å². The van der Waals surface area contributed by atoms with E-state index >= 15 is 0 Å². The van der Waals surface area contributed by atoms with Gasteiger partial charge in [0.15, 0.2) is 0 Å². The second-order valence-corrected chi connectivity index (χ2v) is 3.94. The molecule has 94 valence electrons. The Hall–Kier alpha value is -1.49. The molecule has 0 bridgehead atoms. The zero-order valence-electron chi connectivity index (χ0n) is 10.0. The van der Waals surface area contributed by atoms with Crippen molar-refractivity contribution in [2.45, 2.75) is 32.2 Å². The molecular weight excluding hydrogens is 223 g/mol.